The van der Waals surface area contributed by atoms with E-state index >= 15 is 17.6 Å². The van der Waals surface area contributed by atoms with Gasteiger partial charge in [0.2, 0.25) is 5.82 Å². The van der Waals surface area contributed by atoms with Crippen molar-refractivity contribution in [3.63, 3.8) is 0 Å². The Bertz CT molecular complexity index is 3960. The SMILES string of the molecule is Cc1c(-n2c3ccccc3c3cc(-c4nccc(-c5ccccc5)n4)ccc32)ccc(-c2c(F)c(F)c(F)c(F)c2F)c1-n1c2ccccc2c2cc(-c3cccc(-c4ccccc4)n3)ccc21. The molecule has 8 aromatic carbocycles. The quantitative estimate of drug-likeness (QED) is 0.0910. The number of nitrogens with zero attached hydrogens (tertiary/aromatic N) is 5. The van der Waals surface area contributed by atoms with Gasteiger partial charge in [-0.25, -0.2) is 36.9 Å². The number of halogens is 5. The number of hydrogen-bond donors (Lipinski definition) is 0. The average molecular weight is 896 g/mol. The fourth-order valence-electron chi connectivity index (χ4n) is 9.64. The zero-order valence-electron chi connectivity index (χ0n) is 36.0. The summed E-state index contributed by atoms with van der Waals surface area (Å²) in [5, 5.41) is 3.41. The smallest absolute Gasteiger partial charge is 0.200 e. The molecule has 12 rings (SSSR count). The van der Waals surface area contributed by atoms with Gasteiger partial charge in [0.15, 0.2) is 29.1 Å². The second kappa shape index (κ2) is 16.0. The molecule has 4 aromatic heterocycles. The Kier molecular flexibility index (Phi) is 9.58. The molecule has 0 saturated carbocycles. The van der Waals surface area contributed by atoms with Crippen LogP contribution in [-0.2, 0) is 0 Å². The lowest BCUT2D eigenvalue weighted by molar-refractivity contribution is 0.381. The zero-order valence-corrected chi connectivity index (χ0v) is 36.0. The molecule has 0 N–H and O–H groups in total. The molecule has 0 aliphatic heterocycles. The largest absolute Gasteiger partial charge is 0.309 e. The van der Waals surface area contributed by atoms with Crippen molar-refractivity contribution >= 4 is 43.6 Å². The van der Waals surface area contributed by atoms with Crippen LogP contribution in [0.2, 0.25) is 0 Å². The van der Waals surface area contributed by atoms with Crippen molar-refractivity contribution in [3.05, 3.63) is 223 Å². The van der Waals surface area contributed by atoms with E-state index in [4.69, 9.17) is 9.97 Å². The number of benzene rings is 8. The molecule has 0 aliphatic carbocycles. The van der Waals surface area contributed by atoms with Crippen molar-refractivity contribution in [2.45, 2.75) is 6.92 Å². The van der Waals surface area contributed by atoms with Gasteiger partial charge >= 0.3 is 0 Å². The monoisotopic (exact) mass is 895 g/mol. The molecule has 68 heavy (non-hydrogen) atoms. The summed E-state index contributed by atoms with van der Waals surface area (Å²) in [6, 6.07) is 57.9. The van der Waals surface area contributed by atoms with Crippen LogP contribution in [0, 0.1) is 36.0 Å². The molecule has 0 spiro atoms. The van der Waals surface area contributed by atoms with Gasteiger partial charge in [0.05, 0.1) is 56.1 Å². The van der Waals surface area contributed by atoms with Crippen LogP contribution in [-0.4, -0.2) is 24.1 Å². The van der Waals surface area contributed by atoms with Gasteiger partial charge in [-0.15, -0.1) is 0 Å². The molecule has 0 bridgehead atoms. The molecule has 326 valence electrons. The number of rotatable bonds is 7. The first kappa shape index (κ1) is 40.7. The molecule has 10 heteroatoms. The van der Waals surface area contributed by atoms with Gasteiger partial charge in [0.1, 0.15) is 0 Å². The van der Waals surface area contributed by atoms with Crippen LogP contribution in [0.25, 0.3) is 111 Å². The van der Waals surface area contributed by atoms with Gasteiger partial charge in [-0.05, 0) is 85.3 Å². The highest BCUT2D eigenvalue weighted by Gasteiger charge is 2.31. The standard InChI is InChI=1S/C58H34F5N5/c1-33-46(67-47-21-10-8-17-38(47)42-32-37(24-27-49(42)67)58-64-30-29-45(66-58)35-15-6-3-7-16-35)28-25-40(51-52(59)54(61)56(63)55(62)53(51)60)57(33)68-48-22-11-9-18-39(48)41-31-36(23-26-50(41)68)44-20-12-19-43(65-44)34-13-4-2-5-14-34/h2-32H,1H3. The van der Waals surface area contributed by atoms with E-state index in [1.807, 2.05) is 181 Å². The molecule has 0 saturated heterocycles. The van der Waals surface area contributed by atoms with Gasteiger partial charge in [-0.1, -0.05) is 109 Å². The van der Waals surface area contributed by atoms with E-state index in [0.29, 0.717) is 28.1 Å². The van der Waals surface area contributed by atoms with Gasteiger partial charge in [-0.3, -0.25) is 0 Å². The first-order valence-corrected chi connectivity index (χ1v) is 21.9. The third kappa shape index (κ3) is 6.40. The van der Waals surface area contributed by atoms with Gasteiger partial charge in [0.25, 0.3) is 0 Å². The number of para-hydroxylation sites is 2. The summed E-state index contributed by atoms with van der Waals surface area (Å²) < 4.78 is 81.5. The highest BCUT2D eigenvalue weighted by molar-refractivity contribution is 6.12. The summed E-state index contributed by atoms with van der Waals surface area (Å²) >= 11 is 0. The van der Waals surface area contributed by atoms with Gasteiger partial charge < -0.3 is 9.13 Å². The van der Waals surface area contributed by atoms with E-state index in [1.165, 1.54) is 6.07 Å². The fraction of sp³-hybridized carbons (Fsp3) is 0.0172. The molecule has 0 aliphatic rings. The lowest BCUT2D eigenvalue weighted by Gasteiger charge is -2.22. The van der Waals surface area contributed by atoms with Crippen molar-refractivity contribution in [1.82, 2.24) is 24.1 Å². The Balaban J connectivity index is 1.11. The molecular formula is C58H34F5N5. The first-order valence-electron chi connectivity index (χ1n) is 21.9. The van der Waals surface area contributed by atoms with Crippen molar-refractivity contribution in [2.24, 2.45) is 0 Å². The minimum absolute atomic E-state index is 0.179. The summed E-state index contributed by atoms with van der Waals surface area (Å²) in [6.45, 7) is 1.81. The normalized spacial score (nSPS) is 11.7. The molecule has 5 nitrogen and oxygen atoms in total. The van der Waals surface area contributed by atoms with E-state index in [2.05, 4.69) is 9.55 Å². The van der Waals surface area contributed by atoms with E-state index in [9.17, 15) is 4.39 Å². The maximum absolute atomic E-state index is 16.2. The first-order chi connectivity index (χ1) is 33.2. The summed E-state index contributed by atoms with van der Waals surface area (Å²) in [7, 11) is 0. The predicted molar refractivity (Wildman–Crippen MR) is 260 cm³/mol. The molecule has 0 atom stereocenters. The third-order valence-electron chi connectivity index (χ3n) is 12.8. The Hall–Kier alpha value is -8.76. The van der Waals surface area contributed by atoms with Crippen molar-refractivity contribution in [1.29, 1.82) is 0 Å². The minimum atomic E-state index is -2.23. The predicted octanol–water partition coefficient (Wildman–Crippen LogP) is 15.4. The van der Waals surface area contributed by atoms with Crippen molar-refractivity contribution < 1.29 is 22.0 Å². The second-order valence-corrected chi connectivity index (χ2v) is 16.6. The summed E-state index contributed by atoms with van der Waals surface area (Å²) in [5.74, 6) is -9.59. The highest BCUT2D eigenvalue weighted by Crippen LogP contribution is 2.45. The fourth-order valence-corrected chi connectivity index (χ4v) is 9.64. The van der Waals surface area contributed by atoms with Crippen LogP contribution >= 0.6 is 0 Å². The van der Waals surface area contributed by atoms with Gasteiger partial charge in [-0.2, -0.15) is 0 Å². The Labute approximate surface area is 385 Å². The minimum Gasteiger partial charge on any atom is -0.309 e. The molecular weight excluding hydrogens is 862 g/mol. The highest BCUT2D eigenvalue weighted by atomic mass is 19.2. The Morgan fingerprint density at radius 3 is 1.53 bits per heavy atom. The molecule has 0 fully saturated rings. The molecule has 4 heterocycles. The van der Waals surface area contributed by atoms with Crippen molar-refractivity contribution in [3.8, 4) is 67.7 Å². The molecule has 0 amide bonds. The lowest BCUT2D eigenvalue weighted by Crippen LogP contribution is -2.09. The van der Waals surface area contributed by atoms with Crippen LogP contribution < -0.4 is 0 Å². The topological polar surface area (TPSA) is 48.5 Å². The summed E-state index contributed by atoms with van der Waals surface area (Å²) in [6.07, 6.45) is 1.74. The van der Waals surface area contributed by atoms with E-state index in [1.54, 1.807) is 12.3 Å². The van der Waals surface area contributed by atoms with Crippen LogP contribution in [0.4, 0.5) is 22.0 Å². The van der Waals surface area contributed by atoms with Crippen LogP contribution in [0.5, 0.6) is 0 Å². The Morgan fingerprint density at radius 2 is 0.882 bits per heavy atom. The average Bonchev–Trinajstić information content (AvgIpc) is 3.90. The van der Waals surface area contributed by atoms with E-state index in [0.717, 1.165) is 71.9 Å². The van der Waals surface area contributed by atoms with Crippen LogP contribution in [0.1, 0.15) is 5.56 Å². The van der Waals surface area contributed by atoms with Crippen LogP contribution in [0.3, 0.4) is 0 Å². The number of aromatic nitrogens is 5. The Morgan fingerprint density at radius 1 is 0.382 bits per heavy atom. The number of pyridine rings is 1. The number of hydrogen-bond acceptors (Lipinski definition) is 3. The maximum atomic E-state index is 16.2. The second-order valence-electron chi connectivity index (χ2n) is 16.6. The summed E-state index contributed by atoms with van der Waals surface area (Å²) in [5.41, 5.74) is 8.97. The van der Waals surface area contributed by atoms with E-state index in [-0.39, 0.29) is 11.3 Å². The van der Waals surface area contributed by atoms with Crippen LogP contribution in [0.15, 0.2) is 188 Å². The molecule has 12 aromatic rings. The zero-order chi connectivity index (χ0) is 46.2. The molecule has 0 radical (unpaired) electrons. The third-order valence-corrected chi connectivity index (χ3v) is 12.8. The maximum Gasteiger partial charge on any atom is 0.200 e. The van der Waals surface area contributed by atoms with Crippen molar-refractivity contribution in [2.75, 3.05) is 0 Å². The number of fused-ring (bicyclic) bond motifs is 6. The molecule has 0 unspecified atom stereocenters. The van der Waals surface area contributed by atoms with Gasteiger partial charge in [0, 0.05) is 55.6 Å². The summed E-state index contributed by atoms with van der Waals surface area (Å²) in [4.78, 5) is 14.6. The lowest BCUT2D eigenvalue weighted by atomic mass is 9.96. The van der Waals surface area contributed by atoms with E-state index < -0.39 is 34.6 Å².